The van der Waals surface area contributed by atoms with Gasteiger partial charge >= 0.3 is 0 Å². The second-order valence-electron chi connectivity index (χ2n) is 7.00. The van der Waals surface area contributed by atoms with Crippen LogP contribution < -0.4 is 10.6 Å². The summed E-state index contributed by atoms with van der Waals surface area (Å²) in [4.78, 5) is 12.5. The van der Waals surface area contributed by atoms with Crippen molar-refractivity contribution in [3.05, 3.63) is 28.8 Å². The van der Waals surface area contributed by atoms with Crippen LogP contribution in [0.2, 0.25) is 0 Å². The molecule has 0 heterocycles. The maximum Gasteiger partial charge on any atom is 0.282 e. The van der Waals surface area contributed by atoms with Crippen LogP contribution in [-0.4, -0.2) is 18.0 Å². The topological polar surface area (TPSA) is 45.7 Å². The summed E-state index contributed by atoms with van der Waals surface area (Å²) in [6, 6.07) is 4.84. The number of rotatable bonds is 4. The summed E-state index contributed by atoms with van der Waals surface area (Å²) in [7, 11) is 0. The molecule has 122 valence electrons. The quantitative estimate of drug-likeness (QED) is 0.824. The second kappa shape index (κ2) is 7.77. The molecule has 1 amide bonds. The summed E-state index contributed by atoms with van der Waals surface area (Å²) in [5.41, 5.74) is 4.52. The molecule has 3 N–H and O–H groups in total. The summed E-state index contributed by atoms with van der Waals surface area (Å²) in [5, 5.41) is 5.42. The van der Waals surface area contributed by atoms with E-state index in [0.29, 0.717) is 6.04 Å². The van der Waals surface area contributed by atoms with Crippen LogP contribution in [0.1, 0.15) is 62.1 Å². The highest BCUT2D eigenvalue weighted by molar-refractivity contribution is 5.95. The van der Waals surface area contributed by atoms with Crippen molar-refractivity contribution in [2.45, 2.75) is 78.3 Å². The lowest BCUT2D eigenvalue weighted by Gasteiger charge is -2.19. The molecule has 1 aliphatic rings. The van der Waals surface area contributed by atoms with Crippen LogP contribution in [-0.2, 0) is 4.79 Å². The molecule has 1 aromatic rings. The highest BCUT2D eigenvalue weighted by atomic mass is 16.2. The number of carbonyl (C=O) groups is 1. The zero-order valence-corrected chi connectivity index (χ0v) is 14.5. The van der Waals surface area contributed by atoms with Crippen molar-refractivity contribution in [3.63, 3.8) is 0 Å². The molecule has 0 spiro atoms. The van der Waals surface area contributed by atoms with Crippen LogP contribution in [0.15, 0.2) is 12.1 Å². The summed E-state index contributed by atoms with van der Waals surface area (Å²) in [6.07, 6.45) is 7.83. The van der Waals surface area contributed by atoms with Crippen molar-refractivity contribution in [2.75, 3.05) is 5.32 Å². The first kappa shape index (κ1) is 17.0. The summed E-state index contributed by atoms with van der Waals surface area (Å²) >= 11 is 0. The van der Waals surface area contributed by atoms with Gasteiger partial charge in [0.25, 0.3) is 5.91 Å². The van der Waals surface area contributed by atoms with E-state index in [9.17, 15) is 4.79 Å². The summed E-state index contributed by atoms with van der Waals surface area (Å²) in [5.74, 6) is 0.124. The molecule has 2 rings (SSSR count). The van der Waals surface area contributed by atoms with Gasteiger partial charge in [0.05, 0.1) is 6.04 Å². The normalized spacial score (nSPS) is 17.8. The number of aryl methyl sites for hydroxylation is 3. The molecule has 1 fully saturated rings. The second-order valence-corrected chi connectivity index (χ2v) is 7.00. The Labute approximate surface area is 134 Å². The first-order chi connectivity index (χ1) is 10.5. The smallest absolute Gasteiger partial charge is 0.282 e. The zero-order valence-electron chi connectivity index (χ0n) is 14.5. The average Bonchev–Trinajstić information content (AvgIpc) is 2.71. The van der Waals surface area contributed by atoms with Crippen molar-refractivity contribution >= 4 is 11.6 Å². The Bertz CT molecular complexity index is 493. The van der Waals surface area contributed by atoms with Gasteiger partial charge in [0.15, 0.2) is 6.04 Å². The van der Waals surface area contributed by atoms with E-state index in [1.165, 1.54) is 44.1 Å². The predicted molar refractivity (Wildman–Crippen MR) is 92.2 cm³/mol. The minimum absolute atomic E-state index is 0.0248. The molecule has 1 saturated carbocycles. The van der Waals surface area contributed by atoms with Gasteiger partial charge in [-0.1, -0.05) is 30.5 Å². The van der Waals surface area contributed by atoms with Gasteiger partial charge in [0.2, 0.25) is 0 Å². The zero-order chi connectivity index (χ0) is 16.1. The van der Waals surface area contributed by atoms with Gasteiger partial charge in [0, 0.05) is 5.69 Å². The first-order valence-corrected chi connectivity index (χ1v) is 8.71. The molecule has 0 aromatic heterocycles. The molecule has 1 aromatic carbocycles. The van der Waals surface area contributed by atoms with E-state index in [1.807, 2.05) is 6.92 Å². The fourth-order valence-corrected chi connectivity index (χ4v) is 3.61. The van der Waals surface area contributed by atoms with Gasteiger partial charge in [-0.3, -0.25) is 4.79 Å². The Hall–Kier alpha value is -1.35. The van der Waals surface area contributed by atoms with Crippen molar-refractivity contribution in [2.24, 2.45) is 0 Å². The summed E-state index contributed by atoms with van der Waals surface area (Å²) in [6.45, 7) is 8.25. The Balaban J connectivity index is 1.96. The number of hydrogen-bond acceptors (Lipinski definition) is 1. The van der Waals surface area contributed by atoms with Crippen molar-refractivity contribution in [1.82, 2.24) is 0 Å². The minimum Gasteiger partial charge on any atom is -0.334 e. The van der Waals surface area contributed by atoms with Crippen molar-refractivity contribution in [1.29, 1.82) is 0 Å². The van der Waals surface area contributed by atoms with Gasteiger partial charge in [-0.2, -0.15) is 0 Å². The number of anilines is 1. The largest absolute Gasteiger partial charge is 0.334 e. The standard InChI is InChI=1S/C19H30N2O/c1-13-11-14(2)18(15(3)12-13)21-19(22)16(4)20-17-9-7-5-6-8-10-17/h11-12,16-17,20H,5-10H2,1-4H3,(H,21,22)/p+1/t16-/m0/s1. The fourth-order valence-electron chi connectivity index (χ4n) is 3.61. The van der Waals surface area contributed by atoms with Gasteiger partial charge in [-0.05, 0) is 64.5 Å². The number of nitrogens with one attached hydrogen (secondary N) is 1. The van der Waals surface area contributed by atoms with E-state index in [-0.39, 0.29) is 11.9 Å². The molecule has 0 bridgehead atoms. The van der Waals surface area contributed by atoms with Crippen LogP contribution in [0.5, 0.6) is 0 Å². The number of quaternary nitrogens is 1. The summed E-state index contributed by atoms with van der Waals surface area (Å²) < 4.78 is 0. The van der Waals surface area contributed by atoms with Gasteiger partial charge in [-0.25, -0.2) is 0 Å². The third-order valence-corrected chi connectivity index (χ3v) is 4.80. The molecular formula is C19H31N2O+. The SMILES string of the molecule is Cc1cc(C)c(NC(=O)[C@H](C)[NH2+]C2CCCCCC2)c(C)c1. The van der Waals surface area contributed by atoms with Crippen LogP contribution in [0.4, 0.5) is 5.69 Å². The predicted octanol–water partition coefficient (Wildman–Crippen LogP) is 3.23. The maximum atomic E-state index is 12.5. The maximum absolute atomic E-state index is 12.5. The highest BCUT2D eigenvalue weighted by Gasteiger charge is 2.23. The molecule has 0 unspecified atom stereocenters. The van der Waals surface area contributed by atoms with Gasteiger partial charge in [-0.15, -0.1) is 0 Å². The Morgan fingerprint density at radius 2 is 1.64 bits per heavy atom. The lowest BCUT2D eigenvalue weighted by molar-refractivity contribution is -0.707. The van der Waals surface area contributed by atoms with E-state index in [0.717, 1.165) is 16.8 Å². The molecule has 0 saturated heterocycles. The lowest BCUT2D eigenvalue weighted by atomic mass is 10.0. The molecule has 3 heteroatoms. The molecule has 22 heavy (non-hydrogen) atoms. The number of amides is 1. The minimum atomic E-state index is -0.0248. The molecule has 1 atom stereocenters. The van der Waals surface area contributed by atoms with Crippen molar-refractivity contribution in [3.8, 4) is 0 Å². The Morgan fingerprint density at radius 1 is 1.09 bits per heavy atom. The van der Waals surface area contributed by atoms with Crippen molar-refractivity contribution < 1.29 is 10.1 Å². The highest BCUT2D eigenvalue weighted by Crippen LogP contribution is 2.22. The van der Waals surface area contributed by atoms with Crippen LogP contribution >= 0.6 is 0 Å². The number of nitrogens with two attached hydrogens (primary N) is 1. The average molecular weight is 303 g/mol. The molecule has 1 aliphatic carbocycles. The van der Waals surface area contributed by atoms with E-state index in [1.54, 1.807) is 0 Å². The third-order valence-electron chi connectivity index (χ3n) is 4.80. The lowest BCUT2D eigenvalue weighted by Crippen LogP contribution is -2.96. The molecule has 0 radical (unpaired) electrons. The number of benzene rings is 1. The third kappa shape index (κ3) is 4.57. The Kier molecular flexibility index (Phi) is 6.01. The van der Waals surface area contributed by atoms with Crippen LogP contribution in [0.3, 0.4) is 0 Å². The van der Waals surface area contributed by atoms with E-state index >= 15 is 0 Å². The van der Waals surface area contributed by atoms with E-state index in [2.05, 4.69) is 43.5 Å². The number of carbonyl (C=O) groups excluding carboxylic acids is 1. The fraction of sp³-hybridized carbons (Fsp3) is 0.632. The van der Waals surface area contributed by atoms with E-state index < -0.39 is 0 Å². The van der Waals surface area contributed by atoms with E-state index in [4.69, 9.17) is 0 Å². The molecule has 3 nitrogen and oxygen atoms in total. The van der Waals surface area contributed by atoms with Crippen LogP contribution in [0, 0.1) is 20.8 Å². The Morgan fingerprint density at radius 3 is 2.18 bits per heavy atom. The van der Waals surface area contributed by atoms with Gasteiger partial charge in [0.1, 0.15) is 0 Å². The molecule has 0 aliphatic heterocycles. The first-order valence-electron chi connectivity index (χ1n) is 8.71. The monoisotopic (exact) mass is 303 g/mol. The van der Waals surface area contributed by atoms with Gasteiger partial charge < -0.3 is 10.6 Å². The number of hydrogen-bond donors (Lipinski definition) is 2. The van der Waals surface area contributed by atoms with Crippen LogP contribution in [0.25, 0.3) is 0 Å². The molecular weight excluding hydrogens is 272 g/mol.